The maximum absolute atomic E-state index is 5.52. The fraction of sp³-hybridized carbons (Fsp3) is 0.615. The first-order chi connectivity index (χ1) is 9.25. The summed E-state index contributed by atoms with van der Waals surface area (Å²) in [6.45, 7) is 3.20. The summed E-state index contributed by atoms with van der Waals surface area (Å²) in [5.41, 5.74) is 0.748. The number of aromatic nitrogens is 4. The van der Waals surface area contributed by atoms with Gasteiger partial charge in [0, 0.05) is 7.05 Å². The first-order valence-corrected chi connectivity index (χ1v) is 6.81. The third kappa shape index (κ3) is 2.06. The molecule has 1 fully saturated rings. The zero-order valence-corrected chi connectivity index (χ0v) is 11.4. The van der Waals surface area contributed by atoms with Gasteiger partial charge in [0.25, 0.3) is 0 Å². The van der Waals surface area contributed by atoms with E-state index in [0.717, 1.165) is 37.9 Å². The molecule has 1 N–H and O–H groups in total. The van der Waals surface area contributed by atoms with Crippen molar-refractivity contribution >= 4 is 0 Å². The van der Waals surface area contributed by atoms with Crippen LogP contribution < -0.4 is 5.32 Å². The SMILES string of the molecule is CCCC1(c2nc(-c3cncn3C)no2)CCCN1. The fourth-order valence-corrected chi connectivity index (χ4v) is 2.83. The van der Waals surface area contributed by atoms with Crippen molar-refractivity contribution in [2.75, 3.05) is 6.54 Å². The van der Waals surface area contributed by atoms with Crippen molar-refractivity contribution in [3.8, 4) is 11.5 Å². The molecule has 2 aromatic heterocycles. The Morgan fingerprint density at radius 3 is 3.05 bits per heavy atom. The number of nitrogens with one attached hydrogen (secondary N) is 1. The molecule has 1 saturated heterocycles. The van der Waals surface area contributed by atoms with Crippen LogP contribution in [0.4, 0.5) is 0 Å². The first-order valence-electron chi connectivity index (χ1n) is 6.81. The summed E-state index contributed by atoms with van der Waals surface area (Å²) in [6.07, 6.45) is 7.83. The van der Waals surface area contributed by atoms with Gasteiger partial charge in [-0.3, -0.25) is 0 Å². The average molecular weight is 261 g/mol. The lowest BCUT2D eigenvalue weighted by Crippen LogP contribution is -2.36. The van der Waals surface area contributed by atoms with Gasteiger partial charge < -0.3 is 14.4 Å². The lowest BCUT2D eigenvalue weighted by molar-refractivity contribution is 0.241. The van der Waals surface area contributed by atoms with Crippen molar-refractivity contribution in [3.63, 3.8) is 0 Å². The zero-order valence-electron chi connectivity index (χ0n) is 11.4. The minimum absolute atomic E-state index is 0.126. The lowest BCUT2D eigenvalue weighted by Gasteiger charge is -2.24. The molecule has 6 nitrogen and oxygen atoms in total. The molecular weight excluding hydrogens is 242 g/mol. The smallest absolute Gasteiger partial charge is 0.247 e. The number of hydrogen-bond acceptors (Lipinski definition) is 5. The maximum Gasteiger partial charge on any atom is 0.247 e. The second-order valence-corrected chi connectivity index (χ2v) is 5.18. The maximum atomic E-state index is 5.52. The second kappa shape index (κ2) is 4.77. The van der Waals surface area contributed by atoms with Gasteiger partial charge in [0.05, 0.1) is 18.1 Å². The van der Waals surface area contributed by atoms with Crippen LogP contribution in [-0.4, -0.2) is 26.2 Å². The molecule has 2 aromatic rings. The molecule has 3 heterocycles. The van der Waals surface area contributed by atoms with Gasteiger partial charge in [-0.25, -0.2) is 4.98 Å². The van der Waals surface area contributed by atoms with E-state index in [0.29, 0.717) is 11.7 Å². The normalized spacial score (nSPS) is 23.1. The largest absolute Gasteiger partial charge is 0.337 e. The summed E-state index contributed by atoms with van der Waals surface area (Å²) in [5.74, 6) is 1.32. The van der Waals surface area contributed by atoms with Gasteiger partial charge in [0.2, 0.25) is 11.7 Å². The van der Waals surface area contributed by atoms with E-state index in [1.54, 1.807) is 12.5 Å². The predicted octanol–water partition coefficient (Wildman–Crippen LogP) is 1.85. The molecule has 0 aromatic carbocycles. The van der Waals surface area contributed by atoms with Gasteiger partial charge in [0.15, 0.2) is 0 Å². The number of aryl methyl sites for hydroxylation is 1. The molecule has 0 spiro atoms. The van der Waals surface area contributed by atoms with Crippen LogP contribution in [0.25, 0.3) is 11.5 Å². The molecule has 19 heavy (non-hydrogen) atoms. The average Bonchev–Trinajstić information content (AvgIpc) is 3.08. The molecule has 0 amide bonds. The molecule has 0 saturated carbocycles. The van der Waals surface area contributed by atoms with Gasteiger partial charge in [0.1, 0.15) is 5.69 Å². The Morgan fingerprint density at radius 1 is 1.53 bits per heavy atom. The third-order valence-corrected chi connectivity index (χ3v) is 3.80. The molecule has 1 unspecified atom stereocenters. The van der Waals surface area contributed by atoms with Gasteiger partial charge in [-0.1, -0.05) is 18.5 Å². The molecule has 0 aliphatic carbocycles. The molecule has 1 aliphatic rings. The van der Waals surface area contributed by atoms with Crippen molar-refractivity contribution in [2.24, 2.45) is 7.05 Å². The van der Waals surface area contributed by atoms with E-state index in [9.17, 15) is 0 Å². The Kier molecular flexibility index (Phi) is 3.10. The van der Waals surface area contributed by atoms with Gasteiger partial charge in [-0.2, -0.15) is 4.98 Å². The van der Waals surface area contributed by atoms with Crippen molar-refractivity contribution in [1.29, 1.82) is 0 Å². The molecular formula is C13H19N5O. The Labute approximate surface area is 112 Å². The summed E-state index contributed by atoms with van der Waals surface area (Å²) in [5, 5.41) is 7.65. The number of rotatable bonds is 4. The number of nitrogens with zero attached hydrogens (tertiary/aromatic N) is 4. The van der Waals surface area contributed by atoms with E-state index in [-0.39, 0.29) is 5.54 Å². The lowest BCUT2D eigenvalue weighted by atomic mass is 9.92. The molecule has 1 atom stereocenters. The van der Waals surface area contributed by atoms with Crippen molar-refractivity contribution < 1.29 is 4.52 Å². The quantitative estimate of drug-likeness (QED) is 0.909. The van der Waals surface area contributed by atoms with Crippen molar-refractivity contribution in [3.05, 3.63) is 18.4 Å². The van der Waals surface area contributed by atoms with Crippen LogP contribution in [0.2, 0.25) is 0 Å². The van der Waals surface area contributed by atoms with E-state index in [1.165, 1.54) is 0 Å². The Hall–Kier alpha value is -1.69. The third-order valence-electron chi connectivity index (χ3n) is 3.80. The Bertz CT molecular complexity index is 553. The highest BCUT2D eigenvalue weighted by atomic mass is 16.5. The summed E-state index contributed by atoms with van der Waals surface area (Å²) in [6, 6.07) is 0. The highest BCUT2D eigenvalue weighted by molar-refractivity contribution is 5.47. The Balaban J connectivity index is 1.94. The van der Waals surface area contributed by atoms with E-state index in [1.807, 2.05) is 11.6 Å². The summed E-state index contributed by atoms with van der Waals surface area (Å²) in [7, 11) is 1.92. The van der Waals surface area contributed by atoms with Gasteiger partial charge in [-0.05, 0) is 25.8 Å². The standard InChI is InChI=1S/C13H19N5O/c1-3-5-13(6-4-7-15-13)12-16-11(17-19-12)10-8-14-9-18(10)2/h8-9,15H,3-7H2,1-2H3. The van der Waals surface area contributed by atoms with Crippen LogP contribution in [0.1, 0.15) is 38.5 Å². The predicted molar refractivity (Wildman–Crippen MR) is 70.3 cm³/mol. The molecule has 1 aliphatic heterocycles. The van der Waals surface area contributed by atoms with Crippen molar-refractivity contribution in [1.82, 2.24) is 25.0 Å². The molecule has 3 rings (SSSR count). The topological polar surface area (TPSA) is 68.8 Å². The fourth-order valence-electron chi connectivity index (χ4n) is 2.83. The second-order valence-electron chi connectivity index (χ2n) is 5.18. The van der Waals surface area contributed by atoms with E-state index in [2.05, 4.69) is 27.4 Å². The van der Waals surface area contributed by atoms with Crippen LogP contribution in [0.3, 0.4) is 0 Å². The van der Waals surface area contributed by atoms with Crippen LogP contribution >= 0.6 is 0 Å². The molecule has 102 valence electrons. The minimum Gasteiger partial charge on any atom is -0.337 e. The van der Waals surface area contributed by atoms with E-state index in [4.69, 9.17) is 4.52 Å². The zero-order chi connectivity index (χ0) is 13.3. The summed E-state index contributed by atoms with van der Waals surface area (Å²) < 4.78 is 7.41. The monoisotopic (exact) mass is 261 g/mol. The van der Waals surface area contributed by atoms with E-state index < -0.39 is 0 Å². The Morgan fingerprint density at radius 2 is 2.42 bits per heavy atom. The highest BCUT2D eigenvalue weighted by Crippen LogP contribution is 2.34. The van der Waals surface area contributed by atoms with Crippen LogP contribution in [0, 0.1) is 0 Å². The van der Waals surface area contributed by atoms with Gasteiger partial charge in [-0.15, -0.1) is 0 Å². The van der Waals surface area contributed by atoms with Gasteiger partial charge >= 0.3 is 0 Å². The van der Waals surface area contributed by atoms with Crippen LogP contribution in [0.15, 0.2) is 17.0 Å². The van der Waals surface area contributed by atoms with Crippen LogP contribution in [0.5, 0.6) is 0 Å². The number of hydrogen-bond donors (Lipinski definition) is 1. The highest BCUT2D eigenvalue weighted by Gasteiger charge is 2.39. The van der Waals surface area contributed by atoms with Crippen molar-refractivity contribution in [2.45, 2.75) is 38.1 Å². The molecule has 6 heteroatoms. The first kappa shape index (κ1) is 12.3. The summed E-state index contributed by atoms with van der Waals surface area (Å²) in [4.78, 5) is 8.67. The van der Waals surface area contributed by atoms with Crippen LogP contribution in [-0.2, 0) is 12.6 Å². The minimum atomic E-state index is -0.126. The molecule has 0 bridgehead atoms. The van der Waals surface area contributed by atoms with E-state index >= 15 is 0 Å². The molecule has 0 radical (unpaired) electrons. The number of imidazole rings is 1. The summed E-state index contributed by atoms with van der Waals surface area (Å²) >= 11 is 0.